The topological polar surface area (TPSA) is 252 Å². The van der Waals surface area contributed by atoms with E-state index in [9.17, 15) is 29.1 Å². The molecule has 0 saturated carbocycles. The summed E-state index contributed by atoms with van der Waals surface area (Å²) in [7, 11) is 0. The molecule has 0 spiro atoms. The highest BCUT2D eigenvalue weighted by molar-refractivity contribution is 5.94. The van der Waals surface area contributed by atoms with Crippen LogP contribution in [0.2, 0.25) is 0 Å². The molecular weight excluding hydrogens is 486 g/mol. The molecule has 14 heteroatoms. The fraction of sp³-hybridized carbons (Fsp3) is 0.478. The lowest BCUT2D eigenvalue weighted by Crippen LogP contribution is -2.57. The number of rotatable bonds is 16. The molecule has 4 unspecified atom stereocenters. The Bertz CT molecular complexity index is 967. The molecule has 0 fully saturated rings. The van der Waals surface area contributed by atoms with Crippen LogP contribution in [0.5, 0.6) is 0 Å². The van der Waals surface area contributed by atoms with Gasteiger partial charge in [0, 0.05) is 19.4 Å². The van der Waals surface area contributed by atoms with Crippen molar-refractivity contribution < 1.29 is 34.2 Å². The molecule has 14 nitrogen and oxygen atoms in total. The van der Waals surface area contributed by atoms with Crippen molar-refractivity contribution in [2.45, 2.75) is 63.2 Å². The largest absolute Gasteiger partial charge is 0.481 e. The van der Waals surface area contributed by atoms with Crippen molar-refractivity contribution in [3.8, 4) is 0 Å². The van der Waals surface area contributed by atoms with Crippen molar-refractivity contribution in [2.24, 2.45) is 22.2 Å². The van der Waals surface area contributed by atoms with Crippen LogP contribution in [0.4, 0.5) is 0 Å². The molecule has 1 rings (SSSR count). The molecule has 4 atom stereocenters. The summed E-state index contributed by atoms with van der Waals surface area (Å²) in [5.74, 6) is -4.80. The number of nitrogens with one attached hydrogen (secondary N) is 3. The predicted molar refractivity (Wildman–Crippen MR) is 134 cm³/mol. The van der Waals surface area contributed by atoms with Crippen LogP contribution in [0.1, 0.15) is 38.2 Å². The fourth-order valence-corrected chi connectivity index (χ4v) is 3.19. The van der Waals surface area contributed by atoms with Gasteiger partial charge in [0.05, 0.1) is 6.04 Å². The summed E-state index contributed by atoms with van der Waals surface area (Å²) in [4.78, 5) is 64.2. The van der Waals surface area contributed by atoms with Crippen LogP contribution in [-0.2, 0) is 30.4 Å². The van der Waals surface area contributed by atoms with E-state index in [1.165, 1.54) is 6.92 Å². The molecule has 0 saturated heterocycles. The third-order valence-corrected chi connectivity index (χ3v) is 5.23. The van der Waals surface area contributed by atoms with Gasteiger partial charge in [0.2, 0.25) is 17.7 Å². The van der Waals surface area contributed by atoms with Gasteiger partial charge in [-0.3, -0.25) is 24.2 Å². The third kappa shape index (κ3) is 12.4. The van der Waals surface area contributed by atoms with Gasteiger partial charge in [0.15, 0.2) is 5.96 Å². The van der Waals surface area contributed by atoms with E-state index in [0.29, 0.717) is 18.5 Å². The first kappa shape index (κ1) is 30.8. The lowest BCUT2D eigenvalue weighted by molar-refractivity contribution is -0.143. The number of benzene rings is 1. The lowest BCUT2D eigenvalue weighted by Gasteiger charge is -2.24. The highest BCUT2D eigenvalue weighted by Crippen LogP contribution is 2.06. The summed E-state index contributed by atoms with van der Waals surface area (Å²) in [6.45, 7) is 1.70. The number of carbonyl (C=O) groups excluding carboxylic acids is 3. The molecule has 0 aliphatic heterocycles. The summed E-state index contributed by atoms with van der Waals surface area (Å²) in [5, 5.41) is 25.5. The van der Waals surface area contributed by atoms with Gasteiger partial charge in [-0.05, 0) is 31.7 Å². The van der Waals surface area contributed by atoms with Gasteiger partial charge in [-0.15, -0.1) is 0 Å². The van der Waals surface area contributed by atoms with Crippen molar-refractivity contribution in [1.82, 2.24) is 16.0 Å². The number of hydrogen-bond donors (Lipinski definition) is 8. The first-order valence-electron chi connectivity index (χ1n) is 11.6. The number of aliphatic carboxylic acids is 2. The van der Waals surface area contributed by atoms with Crippen LogP contribution in [0.25, 0.3) is 0 Å². The molecule has 1 aromatic carbocycles. The van der Waals surface area contributed by atoms with Crippen molar-refractivity contribution in [1.29, 1.82) is 0 Å². The number of hydrogen-bond acceptors (Lipinski definition) is 7. The highest BCUT2D eigenvalue weighted by atomic mass is 16.4. The van der Waals surface area contributed by atoms with Gasteiger partial charge in [-0.2, -0.15) is 0 Å². The first-order chi connectivity index (χ1) is 17.4. The van der Waals surface area contributed by atoms with Crippen LogP contribution < -0.4 is 33.2 Å². The van der Waals surface area contributed by atoms with Crippen LogP contribution in [0, 0.1) is 0 Å². The van der Waals surface area contributed by atoms with Crippen LogP contribution in [0.3, 0.4) is 0 Å². The van der Waals surface area contributed by atoms with Crippen molar-refractivity contribution >= 4 is 35.6 Å². The van der Waals surface area contributed by atoms with E-state index in [2.05, 4.69) is 20.9 Å². The maximum Gasteiger partial charge on any atom is 0.326 e. The molecule has 1 aromatic rings. The predicted octanol–water partition coefficient (Wildman–Crippen LogP) is -1.97. The molecule has 0 radical (unpaired) electrons. The Kier molecular flexibility index (Phi) is 13.1. The summed E-state index contributed by atoms with van der Waals surface area (Å²) < 4.78 is 0. The average molecular weight is 522 g/mol. The fourth-order valence-electron chi connectivity index (χ4n) is 3.19. The minimum atomic E-state index is -1.46. The molecule has 0 aromatic heterocycles. The Morgan fingerprint density at radius 3 is 2.08 bits per heavy atom. The molecule has 37 heavy (non-hydrogen) atoms. The first-order valence-corrected chi connectivity index (χ1v) is 11.6. The van der Waals surface area contributed by atoms with Gasteiger partial charge in [0.1, 0.15) is 18.1 Å². The standard InChI is InChI=1S/C23H35N7O7/c1-13(28-20(34)15(24)8-5-11-27-23(25)26)19(33)30-17(12-14-6-3-2-4-7-14)21(35)29-16(22(36)37)9-10-18(31)32/h2-4,6-7,13,15-17H,5,8-12,24H2,1H3,(H,28,34)(H,29,35)(H,30,33)(H,31,32)(H,36,37)(H4,25,26,27). The molecule has 204 valence electrons. The van der Waals surface area contributed by atoms with E-state index < -0.39 is 60.2 Å². The van der Waals surface area contributed by atoms with Gasteiger partial charge in [-0.25, -0.2) is 4.79 Å². The van der Waals surface area contributed by atoms with E-state index in [1.54, 1.807) is 30.3 Å². The maximum absolute atomic E-state index is 12.9. The number of amides is 3. The maximum atomic E-state index is 12.9. The smallest absolute Gasteiger partial charge is 0.326 e. The summed E-state index contributed by atoms with van der Waals surface area (Å²) in [6.07, 6.45) is -0.0747. The SMILES string of the molecule is CC(NC(=O)C(N)CCCN=C(N)N)C(=O)NC(Cc1ccccc1)C(=O)NC(CCC(=O)O)C(=O)O. The Balaban J connectivity index is 2.85. The second-order valence-electron chi connectivity index (χ2n) is 8.37. The molecular formula is C23H35N7O7. The van der Waals surface area contributed by atoms with E-state index in [4.69, 9.17) is 22.3 Å². The Hall–Kier alpha value is -4.20. The number of carbonyl (C=O) groups is 5. The monoisotopic (exact) mass is 521 g/mol. The number of nitrogens with zero attached hydrogens (tertiary/aromatic N) is 1. The Morgan fingerprint density at radius 2 is 1.51 bits per heavy atom. The summed E-state index contributed by atoms with van der Waals surface area (Å²) in [6, 6.07) is 4.02. The molecule has 0 heterocycles. The van der Waals surface area contributed by atoms with Gasteiger partial charge >= 0.3 is 11.9 Å². The Morgan fingerprint density at radius 1 is 0.892 bits per heavy atom. The van der Waals surface area contributed by atoms with E-state index >= 15 is 0 Å². The number of aliphatic imine (C=N–C) groups is 1. The van der Waals surface area contributed by atoms with Crippen LogP contribution >= 0.6 is 0 Å². The second-order valence-corrected chi connectivity index (χ2v) is 8.37. The van der Waals surface area contributed by atoms with E-state index in [0.717, 1.165) is 0 Å². The molecule has 3 amide bonds. The van der Waals surface area contributed by atoms with Gasteiger partial charge < -0.3 is 43.4 Å². The van der Waals surface area contributed by atoms with E-state index in [1.807, 2.05) is 0 Å². The Labute approximate surface area is 214 Å². The van der Waals surface area contributed by atoms with Crippen LogP contribution in [-0.4, -0.2) is 76.5 Å². The second kappa shape index (κ2) is 15.7. The quantitative estimate of drug-likeness (QED) is 0.0676. The minimum Gasteiger partial charge on any atom is -0.481 e. The highest BCUT2D eigenvalue weighted by Gasteiger charge is 2.29. The molecule has 0 aliphatic rings. The molecule has 11 N–H and O–H groups in total. The molecule has 0 aliphatic carbocycles. The summed E-state index contributed by atoms with van der Waals surface area (Å²) in [5.41, 5.74) is 17.0. The van der Waals surface area contributed by atoms with Gasteiger partial charge in [-0.1, -0.05) is 30.3 Å². The number of nitrogens with two attached hydrogens (primary N) is 3. The number of carboxylic acids is 2. The van der Waals surface area contributed by atoms with Crippen molar-refractivity contribution in [2.75, 3.05) is 6.54 Å². The number of carboxylic acid groups (broad SMARTS) is 2. The van der Waals surface area contributed by atoms with Crippen LogP contribution in [0.15, 0.2) is 35.3 Å². The zero-order valence-electron chi connectivity index (χ0n) is 20.6. The zero-order chi connectivity index (χ0) is 28.0. The zero-order valence-corrected chi connectivity index (χ0v) is 20.6. The number of guanidine groups is 1. The summed E-state index contributed by atoms with van der Waals surface area (Å²) >= 11 is 0. The lowest BCUT2D eigenvalue weighted by atomic mass is 10.0. The van der Waals surface area contributed by atoms with Crippen molar-refractivity contribution in [3.63, 3.8) is 0 Å². The normalized spacial score (nSPS) is 13.8. The minimum absolute atomic E-state index is 0.0225. The van der Waals surface area contributed by atoms with Crippen molar-refractivity contribution in [3.05, 3.63) is 35.9 Å². The van der Waals surface area contributed by atoms with E-state index in [-0.39, 0.29) is 25.2 Å². The van der Waals surface area contributed by atoms with Gasteiger partial charge in [0.25, 0.3) is 0 Å². The average Bonchev–Trinajstić information content (AvgIpc) is 2.83. The third-order valence-electron chi connectivity index (χ3n) is 5.23. The molecule has 0 bridgehead atoms.